The summed E-state index contributed by atoms with van der Waals surface area (Å²) >= 11 is 1.11. The molecule has 6 nitrogen and oxygen atoms in total. The number of anilines is 1. The molecule has 3 N–H and O–H groups in total. The van der Waals surface area contributed by atoms with Gasteiger partial charge in [0.2, 0.25) is 0 Å². The molecule has 2 heterocycles. The first-order valence-electron chi connectivity index (χ1n) is 4.61. The average Bonchev–Trinajstić information content (AvgIpc) is 2.87. The van der Waals surface area contributed by atoms with Crippen LogP contribution in [0, 0.1) is 0 Å². The number of carboxylic acid groups (broad SMARTS) is 1. The van der Waals surface area contributed by atoms with E-state index in [1.54, 1.807) is 12.4 Å². The maximum absolute atomic E-state index is 10.7. The quantitative estimate of drug-likeness (QED) is 0.754. The zero-order chi connectivity index (χ0) is 11.5. The first-order chi connectivity index (χ1) is 7.66. The minimum atomic E-state index is -0.957. The lowest BCUT2D eigenvalue weighted by Crippen LogP contribution is -2.04. The molecule has 0 bridgehead atoms. The summed E-state index contributed by atoms with van der Waals surface area (Å²) in [6.45, 7) is 1.95. The van der Waals surface area contributed by atoms with Crippen molar-refractivity contribution in [1.29, 1.82) is 0 Å². The molecule has 0 amide bonds. The fraction of sp³-hybridized carbons (Fsp3) is 0.222. The zero-order valence-electron chi connectivity index (χ0n) is 8.47. The molecule has 0 aliphatic heterocycles. The van der Waals surface area contributed by atoms with Crippen molar-refractivity contribution in [3.8, 4) is 0 Å². The third-order valence-corrected chi connectivity index (χ3v) is 2.99. The van der Waals surface area contributed by atoms with Gasteiger partial charge in [0.1, 0.15) is 4.88 Å². The molecule has 0 aromatic carbocycles. The van der Waals surface area contributed by atoms with E-state index < -0.39 is 5.97 Å². The Labute approximate surface area is 95.3 Å². The Balaban J connectivity index is 2.06. The molecule has 2 aromatic rings. The second kappa shape index (κ2) is 4.31. The molecular weight excluding hydrogens is 228 g/mol. The number of nitrogens with zero attached hydrogens (tertiary/aromatic N) is 2. The van der Waals surface area contributed by atoms with E-state index in [0.717, 1.165) is 16.9 Å². The maximum atomic E-state index is 10.7. The van der Waals surface area contributed by atoms with Gasteiger partial charge >= 0.3 is 5.97 Å². The smallest absolute Gasteiger partial charge is 0.347 e. The van der Waals surface area contributed by atoms with Gasteiger partial charge in [-0.05, 0) is 6.92 Å². The van der Waals surface area contributed by atoms with E-state index in [4.69, 9.17) is 5.11 Å². The van der Waals surface area contributed by atoms with E-state index in [9.17, 15) is 4.79 Å². The summed E-state index contributed by atoms with van der Waals surface area (Å²) in [4.78, 5) is 14.9. The molecule has 0 aliphatic carbocycles. The Morgan fingerprint density at radius 3 is 3.00 bits per heavy atom. The van der Waals surface area contributed by atoms with Crippen LogP contribution < -0.4 is 5.32 Å². The number of rotatable bonds is 4. The van der Waals surface area contributed by atoms with Crippen molar-refractivity contribution >= 4 is 22.4 Å². The summed E-state index contributed by atoms with van der Waals surface area (Å²) in [5.41, 5.74) is 0.993. The van der Waals surface area contributed by atoms with E-state index >= 15 is 0 Å². The van der Waals surface area contributed by atoms with E-state index in [2.05, 4.69) is 20.5 Å². The van der Waals surface area contributed by atoms with Gasteiger partial charge in [-0.2, -0.15) is 5.10 Å². The molecule has 0 saturated heterocycles. The number of H-pyrrole nitrogens is 1. The van der Waals surface area contributed by atoms with Crippen LogP contribution >= 0.6 is 11.3 Å². The average molecular weight is 238 g/mol. The van der Waals surface area contributed by atoms with Crippen LogP contribution in [0.4, 0.5) is 5.13 Å². The van der Waals surface area contributed by atoms with Gasteiger partial charge in [0, 0.05) is 11.8 Å². The molecule has 2 aromatic heterocycles. The highest BCUT2D eigenvalue weighted by Gasteiger charge is 2.11. The lowest BCUT2D eigenvalue weighted by Gasteiger charge is -2.09. The predicted molar refractivity (Wildman–Crippen MR) is 59.7 cm³/mol. The van der Waals surface area contributed by atoms with Gasteiger partial charge < -0.3 is 10.4 Å². The Morgan fingerprint density at radius 1 is 1.62 bits per heavy atom. The van der Waals surface area contributed by atoms with Crippen LogP contribution in [0.25, 0.3) is 0 Å². The molecule has 0 aliphatic rings. The van der Waals surface area contributed by atoms with Crippen LogP contribution in [-0.4, -0.2) is 26.3 Å². The van der Waals surface area contributed by atoms with E-state index in [1.165, 1.54) is 6.20 Å². The van der Waals surface area contributed by atoms with Crippen LogP contribution in [0.15, 0.2) is 18.6 Å². The highest BCUT2D eigenvalue weighted by molar-refractivity contribution is 7.17. The number of carboxylic acids is 1. The molecule has 1 unspecified atom stereocenters. The van der Waals surface area contributed by atoms with Crippen molar-refractivity contribution in [2.24, 2.45) is 0 Å². The van der Waals surface area contributed by atoms with Gasteiger partial charge in [-0.15, -0.1) is 0 Å². The number of nitrogens with one attached hydrogen (secondary N) is 2. The number of hydrogen-bond donors (Lipinski definition) is 3. The molecule has 0 spiro atoms. The predicted octanol–water partition coefficient (Wildman–Crippen LogP) is 1.74. The Bertz CT molecular complexity index is 479. The number of thiazole rings is 1. The Morgan fingerprint density at radius 2 is 2.44 bits per heavy atom. The third kappa shape index (κ3) is 2.19. The number of aromatic amines is 1. The largest absolute Gasteiger partial charge is 0.477 e. The first kappa shape index (κ1) is 10.6. The lowest BCUT2D eigenvalue weighted by molar-refractivity contribution is 0.0702. The standard InChI is InChI=1S/C9H10N4O2S/c1-5(6-2-11-12-3-6)13-9-10-4-7(16-9)8(14)15/h2-5H,1H3,(H,10,13)(H,11,12)(H,14,15). The van der Waals surface area contributed by atoms with Gasteiger partial charge in [0.15, 0.2) is 5.13 Å². The number of carbonyl (C=O) groups is 1. The molecule has 7 heteroatoms. The van der Waals surface area contributed by atoms with Crippen molar-refractivity contribution in [2.45, 2.75) is 13.0 Å². The van der Waals surface area contributed by atoms with Crippen LogP contribution in [-0.2, 0) is 0 Å². The molecule has 0 fully saturated rings. The minimum absolute atomic E-state index is 0.0338. The topological polar surface area (TPSA) is 90.9 Å². The van der Waals surface area contributed by atoms with Crippen LogP contribution in [0.2, 0.25) is 0 Å². The Hall–Kier alpha value is -1.89. The second-order valence-electron chi connectivity index (χ2n) is 3.23. The summed E-state index contributed by atoms with van der Waals surface area (Å²) in [6.07, 6.45) is 4.84. The molecule has 1 atom stereocenters. The fourth-order valence-electron chi connectivity index (χ4n) is 1.21. The van der Waals surface area contributed by atoms with Crippen molar-refractivity contribution in [2.75, 3.05) is 5.32 Å². The third-order valence-electron chi connectivity index (χ3n) is 2.08. The fourth-order valence-corrected chi connectivity index (χ4v) is 1.95. The molecule has 16 heavy (non-hydrogen) atoms. The molecule has 0 saturated carbocycles. The SMILES string of the molecule is CC(Nc1ncc(C(=O)O)s1)c1cn[nH]c1. The summed E-state index contributed by atoms with van der Waals surface area (Å²) in [5.74, 6) is -0.957. The van der Waals surface area contributed by atoms with E-state index in [1.807, 2.05) is 6.92 Å². The number of aromatic carboxylic acids is 1. The molecule has 0 radical (unpaired) electrons. The lowest BCUT2D eigenvalue weighted by atomic mass is 10.2. The van der Waals surface area contributed by atoms with Crippen LogP contribution in [0.5, 0.6) is 0 Å². The highest BCUT2D eigenvalue weighted by Crippen LogP contribution is 2.23. The Kier molecular flexibility index (Phi) is 2.86. The van der Waals surface area contributed by atoms with Gasteiger partial charge in [-0.3, -0.25) is 5.10 Å². The van der Waals surface area contributed by atoms with Gasteiger partial charge in [-0.1, -0.05) is 11.3 Å². The minimum Gasteiger partial charge on any atom is -0.477 e. The first-order valence-corrected chi connectivity index (χ1v) is 5.43. The molecular formula is C9H10N4O2S. The van der Waals surface area contributed by atoms with Crippen molar-refractivity contribution in [3.63, 3.8) is 0 Å². The summed E-state index contributed by atoms with van der Waals surface area (Å²) in [5, 5.41) is 19.0. The van der Waals surface area contributed by atoms with Crippen LogP contribution in [0.1, 0.15) is 28.2 Å². The van der Waals surface area contributed by atoms with Gasteiger partial charge in [-0.25, -0.2) is 9.78 Å². The summed E-state index contributed by atoms with van der Waals surface area (Å²) < 4.78 is 0. The highest BCUT2D eigenvalue weighted by atomic mass is 32.1. The van der Waals surface area contributed by atoms with Gasteiger partial charge in [0.25, 0.3) is 0 Å². The summed E-state index contributed by atoms with van der Waals surface area (Å²) in [7, 11) is 0. The van der Waals surface area contributed by atoms with Gasteiger partial charge in [0.05, 0.1) is 18.4 Å². The number of aromatic nitrogens is 3. The van der Waals surface area contributed by atoms with E-state index in [0.29, 0.717) is 5.13 Å². The maximum Gasteiger partial charge on any atom is 0.347 e. The van der Waals surface area contributed by atoms with Crippen molar-refractivity contribution in [1.82, 2.24) is 15.2 Å². The van der Waals surface area contributed by atoms with Crippen molar-refractivity contribution < 1.29 is 9.90 Å². The normalized spacial score (nSPS) is 12.3. The van der Waals surface area contributed by atoms with Crippen LogP contribution in [0.3, 0.4) is 0 Å². The second-order valence-corrected chi connectivity index (χ2v) is 4.26. The molecule has 2 rings (SSSR count). The molecule has 84 valence electrons. The number of hydrogen-bond acceptors (Lipinski definition) is 5. The van der Waals surface area contributed by atoms with Crippen molar-refractivity contribution in [3.05, 3.63) is 29.0 Å². The monoisotopic (exact) mass is 238 g/mol. The zero-order valence-corrected chi connectivity index (χ0v) is 9.28. The van der Waals surface area contributed by atoms with E-state index in [-0.39, 0.29) is 10.9 Å². The summed E-state index contributed by atoms with van der Waals surface area (Å²) in [6, 6.07) is 0.0338.